The fourth-order valence-electron chi connectivity index (χ4n) is 0.969. The van der Waals surface area contributed by atoms with Gasteiger partial charge in [0, 0.05) is 19.4 Å². The number of aromatic nitrogens is 2. The number of aliphatic hydroxyl groups excluding tert-OH is 1. The number of rotatable bonds is 4. The van der Waals surface area contributed by atoms with Gasteiger partial charge in [0.15, 0.2) is 0 Å². The molecular formula is C8H12N2O3. The molecule has 0 amide bonds. The molecular weight excluding hydrogens is 172 g/mol. The first-order chi connectivity index (χ1) is 6.24. The highest BCUT2D eigenvalue weighted by Crippen LogP contribution is 1.87. The first kappa shape index (κ1) is 9.88. The molecule has 0 fully saturated rings. The van der Waals surface area contributed by atoms with E-state index in [1.54, 1.807) is 6.07 Å². The molecule has 0 saturated heterocycles. The minimum Gasteiger partial charge on any atom is -0.389 e. The zero-order chi connectivity index (χ0) is 9.68. The summed E-state index contributed by atoms with van der Waals surface area (Å²) < 4.78 is 5.92. The third kappa shape index (κ3) is 2.96. The lowest BCUT2D eigenvalue weighted by molar-refractivity contribution is 0.0504. The molecule has 0 aromatic carbocycles. The molecule has 1 rings (SSSR count). The summed E-state index contributed by atoms with van der Waals surface area (Å²) in [6, 6.07) is 2.95. The second-order valence-corrected chi connectivity index (χ2v) is 2.65. The Morgan fingerprint density at radius 3 is 3.15 bits per heavy atom. The molecule has 0 radical (unpaired) electrons. The van der Waals surface area contributed by atoms with Gasteiger partial charge < -0.3 is 9.84 Å². The largest absolute Gasteiger partial charge is 0.389 e. The van der Waals surface area contributed by atoms with Crippen molar-refractivity contribution in [2.75, 3.05) is 13.7 Å². The van der Waals surface area contributed by atoms with E-state index in [1.165, 1.54) is 24.1 Å². The van der Waals surface area contributed by atoms with Crippen LogP contribution in [-0.4, -0.2) is 34.7 Å². The number of ether oxygens (including phenoxy) is 1. The van der Waals surface area contributed by atoms with Gasteiger partial charge in [-0.1, -0.05) is 0 Å². The fourth-order valence-corrected chi connectivity index (χ4v) is 0.969. The highest BCUT2D eigenvalue weighted by Gasteiger charge is 2.05. The summed E-state index contributed by atoms with van der Waals surface area (Å²) in [5.74, 6) is 0. The molecule has 0 aliphatic rings. The lowest BCUT2D eigenvalue weighted by atomic mass is 10.4. The first-order valence-corrected chi connectivity index (χ1v) is 3.93. The van der Waals surface area contributed by atoms with Crippen LogP contribution in [0, 0.1) is 0 Å². The maximum atomic E-state index is 11.1. The predicted molar refractivity (Wildman–Crippen MR) is 46.4 cm³/mol. The smallest absolute Gasteiger partial charge is 0.266 e. The van der Waals surface area contributed by atoms with Crippen molar-refractivity contribution < 1.29 is 9.84 Å². The number of hydrogen-bond acceptors (Lipinski definition) is 4. The Morgan fingerprint density at radius 1 is 1.77 bits per heavy atom. The zero-order valence-electron chi connectivity index (χ0n) is 7.38. The summed E-state index contributed by atoms with van der Waals surface area (Å²) in [7, 11) is 1.49. The van der Waals surface area contributed by atoms with Crippen molar-refractivity contribution in [1.82, 2.24) is 9.78 Å². The van der Waals surface area contributed by atoms with E-state index in [0.717, 1.165) is 0 Å². The second kappa shape index (κ2) is 4.74. The summed E-state index contributed by atoms with van der Waals surface area (Å²) in [5.41, 5.74) is -0.224. The molecule has 5 nitrogen and oxygen atoms in total. The van der Waals surface area contributed by atoms with Crippen LogP contribution in [0.2, 0.25) is 0 Å². The first-order valence-electron chi connectivity index (χ1n) is 3.93. The summed E-state index contributed by atoms with van der Waals surface area (Å²) in [6.45, 7) is 0.358. The van der Waals surface area contributed by atoms with E-state index in [1.807, 2.05) is 0 Å². The molecule has 1 N–H and O–H groups in total. The standard InChI is InChI=1S/C8H12N2O3/c1-13-6-7(11)5-10-8(12)3-2-4-9-10/h2-4,7,11H,5-6H2,1H3/t7-/m0/s1. The van der Waals surface area contributed by atoms with Crippen LogP contribution in [-0.2, 0) is 11.3 Å². The monoisotopic (exact) mass is 184 g/mol. The van der Waals surface area contributed by atoms with Crippen molar-refractivity contribution in [2.45, 2.75) is 12.6 Å². The van der Waals surface area contributed by atoms with Crippen molar-refractivity contribution in [3.05, 3.63) is 28.7 Å². The third-order valence-corrected chi connectivity index (χ3v) is 1.53. The van der Waals surface area contributed by atoms with Crippen molar-refractivity contribution in [2.24, 2.45) is 0 Å². The number of hydrogen-bond donors (Lipinski definition) is 1. The van der Waals surface area contributed by atoms with E-state index in [2.05, 4.69) is 5.10 Å². The van der Waals surface area contributed by atoms with Gasteiger partial charge >= 0.3 is 0 Å². The second-order valence-electron chi connectivity index (χ2n) is 2.65. The van der Waals surface area contributed by atoms with Crippen LogP contribution >= 0.6 is 0 Å². The minimum absolute atomic E-state index is 0.160. The van der Waals surface area contributed by atoms with E-state index in [9.17, 15) is 9.90 Å². The molecule has 1 atom stereocenters. The van der Waals surface area contributed by atoms with Gasteiger partial charge in [-0.25, -0.2) is 4.68 Å². The molecule has 0 spiro atoms. The molecule has 0 bridgehead atoms. The van der Waals surface area contributed by atoms with Crippen LogP contribution in [0.25, 0.3) is 0 Å². The number of methoxy groups -OCH3 is 1. The molecule has 0 aliphatic carbocycles. The Hall–Kier alpha value is -1.20. The van der Waals surface area contributed by atoms with Gasteiger partial charge in [0.25, 0.3) is 5.56 Å². The van der Waals surface area contributed by atoms with Crippen LogP contribution in [0.5, 0.6) is 0 Å². The van der Waals surface area contributed by atoms with E-state index in [0.29, 0.717) is 0 Å². The Labute approximate surface area is 75.6 Å². The molecule has 1 aromatic heterocycles. The molecule has 72 valence electrons. The molecule has 5 heteroatoms. The van der Waals surface area contributed by atoms with E-state index in [-0.39, 0.29) is 18.7 Å². The highest BCUT2D eigenvalue weighted by molar-refractivity contribution is 4.84. The van der Waals surface area contributed by atoms with Crippen LogP contribution in [0.1, 0.15) is 0 Å². The lowest BCUT2D eigenvalue weighted by Gasteiger charge is -2.09. The summed E-state index contributed by atoms with van der Waals surface area (Å²) >= 11 is 0. The van der Waals surface area contributed by atoms with Crippen molar-refractivity contribution in [3.8, 4) is 0 Å². The number of aliphatic hydroxyl groups is 1. The third-order valence-electron chi connectivity index (χ3n) is 1.53. The molecule has 13 heavy (non-hydrogen) atoms. The van der Waals surface area contributed by atoms with Crippen molar-refractivity contribution >= 4 is 0 Å². The maximum Gasteiger partial charge on any atom is 0.266 e. The van der Waals surface area contributed by atoms with Crippen LogP contribution in [0.15, 0.2) is 23.1 Å². The SMILES string of the molecule is COC[C@@H](O)Cn1ncccc1=O. The average molecular weight is 184 g/mol. The Kier molecular flexibility index (Phi) is 3.60. The predicted octanol–water partition coefficient (Wildman–Crippen LogP) is -0.749. The van der Waals surface area contributed by atoms with Gasteiger partial charge in [0.2, 0.25) is 0 Å². The van der Waals surface area contributed by atoms with E-state index in [4.69, 9.17) is 4.74 Å². The Balaban J connectivity index is 2.63. The van der Waals surface area contributed by atoms with E-state index < -0.39 is 6.10 Å². The maximum absolute atomic E-state index is 11.1. The van der Waals surface area contributed by atoms with Gasteiger partial charge in [-0.3, -0.25) is 4.79 Å². The van der Waals surface area contributed by atoms with Crippen molar-refractivity contribution in [3.63, 3.8) is 0 Å². The molecule has 1 aromatic rings. The Bertz CT molecular complexity index is 310. The zero-order valence-corrected chi connectivity index (χ0v) is 7.38. The average Bonchev–Trinajstić information content (AvgIpc) is 2.09. The molecule has 0 unspecified atom stereocenters. The molecule has 1 heterocycles. The lowest BCUT2D eigenvalue weighted by Crippen LogP contribution is -2.30. The Morgan fingerprint density at radius 2 is 2.54 bits per heavy atom. The summed E-state index contributed by atoms with van der Waals surface area (Å²) in [4.78, 5) is 11.1. The minimum atomic E-state index is -0.697. The molecule has 0 aliphatic heterocycles. The van der Waals surface area contributed by atoms with Gasteiger partial charge in [-0.15, -0.1) is 0 Å². The van der Waals surface area contributed by atoms with E-state index >= 15 is 0 Å². The van der Waals surface area contributed by atoms with Gasteiger partial charge in [-0.05, 0) is 6.07 Å². The summed E-state index contributed by atoms with van der Waals surface area (Å²) in [6.07, 6.45) is 0.804. The summed E-state index contributed by atoms with van der Waals surface area (Å²) in [5, 5.41) is 13.1. The van der Waals surface area contributed by atoms with Gasteiger partial charge in [0.1, 0.15) is 0 Å². The van der Waals surface area contributed by atoms with Crippen LogP contribution < -0.4 is 5.56 Å². The quantitative estimate of drug-likeness (QED) is 0.668. The van der Waals surface area contributed by atoms with Crippen molar-refractivity contribution in [1.29, 1.82) is 0 Å². The van der Waals surface area contributed by atoms with Crippen LogP contribution in [0.4, 0.5) is 0 Å². The normalized spacial score (nSPS) is 12.8. The van der Waals surface area contributed by atoms with Gasteiger partial charge in [-0.2, -0.15) is 5.10 Å². The number of nitrogens with zero attached hydrogens (tertiary/aromatic N) is 2. The van der Waals surface area contributed by atoms with Crippen LogP contribution in [0.3, 0.4) is 0 Å². The topological polar surface area (TPSA) is 64.3 Å². The van der Waals surface area contributed by atoms with Gasteiger partial charge in [0.05, 0.1) is 19.3 Å². The highest BCUT2D eigenvalue weighted by atomic mass is 16.5. The molecule has 0 saturated carbocycles. The fraction of sp³-hybridized carbons (Fsp3) is 0.500.